The fourth-order valence-corrected chi connectivity index (χ4v) is 5.78. The fourth-order valence-electron chi connectivity index (χ4n) is 1.93. The molecule has 0 aliphatic rings. The van der Waals surface area contributed by atoms with E-state index in [1.807, 2.05) is 34.6 Å². The quantitative estimate of drug-likeness (QED) is 0.293. The van der Waals surface area contributed by atoms with Gasteiger partial charge in [0, 0.05) is 38.2 Å². The van der Waals surface area contributed by atoms with E-state index in [2.05, 4.69) is 0 Å². The summed E-state index contributed by atoms with van der Waals surface area (Å²) < 4.78 is 35.0. The molecule has 0 unspecified atom stereocenters. The smallest absolute Gasteiger partial charge is 0.374 e. The normalized spacial score (nSPS) is 12.8. The summed E-state index contributed by atoms with van der Waals surface area (Å²) in [6.45, 7) is 11.9. The van der Waals surface area contributed by atoms with E-state index in [4.69, 9.17) is 17.8 Å². The van der Waals surface area contributed by atoms with Gasteiger partial charge in [0.2, 0.25) is 7.37 Å². The summed E-state index contributed by atoms with van der Waals surface area (Å²) in [5.74, 6) is 0. The molecule has 0 saturated carbocycles. The van der Waals surface area contributed by atoms with Crippen LogP contribution in [0, 0.1) is 0 Å². The standard InChI is InChI=1S/C13H31O5PSi/c1-6-16-20(17-7-2,18-8-3)13-11-12-15-19(14,9-4)10-5/h6-13H2,1-5H3. The van der Waals surface area contributed by atoms with Crippen molar-refractivity contribution in [1.82, 2.24) is 0 Å². The van der Waals surface area contributed by atoms with Crippen molar-refractivity contribution in [2.75, 3.05) is 38.8 Å². The van der Waals surface area contributed by atoms with E-state index < -0.39 is 16.2 Å². The van der Waals surface area contributed by atoms with Gasteiger partial charge in [-0.15, -0.1) is 0 Å². The highest BCUT2D eigenvalue weighted by atomic mass is 31.2. The van der Waals surface area contributed by atoms with Gasteiger partial charge in [-0.25, -0.2) is 0 Å². The molecule has 20 heavy (non-hydrogen) atoms. The van der Waals surface area contributed by atoms with E-state index in [0.29, 0.717) is 44.8 Å². The molecular weight excluding hydrogens is 295 g/mol. The molecule has 0 N–H and O–H groups in total. The molecule has 0 aliphatic carbocycles. The lowest BCUT2D eigenvalue weighted by Crippen LogP contribution is -2.46. The van der Waals surface area contributed by atoms with Gasteiger partial charge in [-0.2, -0.15) is 0 Å². The van der Waals surface area contributed by atoms with Crippen molar-refractivity contribution in [1.29, 1.82) is 0 Å². The first-order chi connectivity index (χ1) is 9.51. The Kier molecular flexibility index (Phi) is 11.1. The van der Waals surface area contributed by atoms with Crippen molar-refractivity contribution in [3.05, 3.63) is 0 Å². The van der Waals surface area contributed by atoms with E-state index >= 15 is 0 Å². The molecule has 0 aromatic rings. The van der Waals surface area contributed by atoms with Crippen LogP contribution in [0.4, 0.5) is 0 Å². The average molecular weight is 326 g/mol. The molecule has 0 atom stereocenters. The Morgan fingerprint density at radius 1 is 0.850 bits per heavy atom. The summed E-state index contributed by atoms with van der Waals surface area (Å²) in [7, 11) is -5.00. The number of hydrogen-bond donors (Lipinski definition) is 0. The van der Waals surface area contributed by atoms with Crippen LogP contribution in [0.5, 0.6) is 0 Å². The molecule has 7 heteroatoms. The van der Waals surface area contributed by atoms with Gasteiger partial charge in [0.15, 0.2) is 0 Å². The van der Waals surface area contributed by atoms with Crippen LogP contribution >= 0.6 is 7.37 Å². The van der Waals surface area contributed by atoms with Crippen LogP contribution in [-0.2, 0) is 22.4 Å². The molecule has 0 radical (unpaired) electrons. The van der Waals surface area contributed by atoms with Crippen molar-refractivity contribution < 1.29 is 22.4 Å². The number of rotatable bonds is 13. The molecule has 0 fully saturated rings. The maximum atomic E-state index is 12.1. The highest BCUT2D eigenvalue weighted by molar-refractivity contribution is 7.58. The Morgan fingerprint density at radius 3 is 1.65 bits per heavy atom. The molecule has 0 aromatic heterocycles. The maximum Gasteiger partial charge on any atom is 0.501 e. The fraction of sp³-hybridized carbons (Fsp3) is 1.00. The summed E-state index contributed by atoms with van der Waals surface area (Å²) in [5, 5.41) is 0. The second-order valence-corrected chi connectivity index (χ2v) is 10.3. The van der Waals surface area contributed by atoms with Crippen molar-refractivity contribution in [2.24, 2.45) is 0 Å². The minimum atomic E-state index is -2.58. The van der Waals surface area contributed by atoms with Crippen molar-refractivity contribution in [2.45, 2.75) is 47.1 Å². The third kappa shape index (κ3) is 7.34. The molecule has 0 heterocycles. The Balaban J connectivity index is 4.35. The van der Waals surface area contributed by atoms with Gasteiger partial charge in [0.1, 0.15) is 0 Å². The summed E-state index contributed by atoms with van der Waals surface area (Å²) in [6, 6.07) is 0.704. The summed E-state index contributed by atoms with van der Waals surface area (Å²) >= 11 is 0. The van der Waals surface area contributed by atoms with Crippen LogP contribution in [0.3, 0.4) is 0 Å². The average Bonchev–Trinajstić information content (AvgIpc) is 2.44. The zero-order valence-corrected chi connectivity index (χ0v) is 15.5. The van der Waals surface area contributed by atoms with Gasteiger partial charge < -0.3 is 17.8 Å². The maximum absolute atomic E-state index is 12.1. The largest absolute Gasteiger partial charge is 0.501 e. The van der Waals surface area contributed by atoms with Gasteiger partial charge in [-0.3, -0.25) is 4.57 Å². The highest BCUT2D eigenvalue weighted by Gasteiger charge is 2.39. The highest BCUT2D eigenvalue weighted by Crippen LogP contribution is 2.45. The first-order valence-electron chi connectivity index (χ1n) is 7.65. The first kappa shape index (κ1) is 20.3. The lowest BCUT2D eigenvalue weighted by atomic mass is 10.5. The van der Waals surface area contributed by atoms with Crippen LogP contribution in [0.1, 0.15) is 41.0 Å². The second kappa shape index (κ2) is 10.9. The SMILES string of the molecule is CCO[Si](CCCOP(=O)(CC)CC)(OCC)OCC. The molecule has 0 spiro atoms. The van der Waals surface area contributed by atoms with Crippen LogP contribution in [0.25, 0.3) is 0 Å². The van der Waals surface area contributed by atoms with Gasteiger partial charge in [0.25, 0.3) is 0 Å². The molecule has 0 amide bonds. The van der Waals surface area contributed by atoms with Gasteiger partial charge >= 0.3 is 8.80 Å². The molecule has 0 aromatic carbocycles. The monoisotopic (exact) mass is 326 g/mol. The van der Waals surface area contributed by atoms with Crippen molar-refractivity contribution in [3.8, 4) is 0 Å². The molecule has 0 bridgehead atoms. The Hall–Kier alpha value is 0.287. The zero-order valence-electron chi connectivity index (χ0n) is 13.6. The first-order valence-corrected chi connectivity index (χ1v) is 11.6. The van der Waals surface area contributed by atoms with E-state index in [-0.39, 0.29) is 0 Å². The number of hydrogen-bond acceptors (Lipinski definition) is 5. The van der Waals surface area contributed by atoms with Gasteiger partial charge in [-0.05, 0) is 27.2 Å². The Labute approximate surface area is 125 Å². The van der Waals surface area contributed by atoms with Crippen LogP contribution < -0.4 is 0 Å². The lowest BCUT2D eigenvalue weighted by Gasteiger charge is -2.28. The minimum absolute atomic E-state index is 0.473. The topological polar surface area (TPSA) is 54.0 Å². The molecule has 0 saturated heterocycles. The second-order valence-electron chi connectivity index (χ2n) is 4.37. The molecule has 0 rings (SSSR count). The van der Waals surface area contributed by atoms with Crippen LogP contribution in [0.2, 0.25) is 6.04 Å². The van der Waals surface area contributed by atoms with E-state index in [1.165, 1.54) is 0 Å². The summed E-state index contributed by atoms with van der Waals surface area (Å²) in [6.07, 6.45) is 1.93. The van der Waals surface area contributed by atoms with Crippen molar-refractivity contribution >= 4 is 16.2 Å². The summed E-state index contributed by atoms with van der Waals surface area (Å²) in [4.78, 5) is 0. The molecule has 122 valence electrons. The summed E-state index contributed by atoms with van der Waals surface area (Å²) in [5.41, 5.74) is 0. The predicted molar refractivity (Wildman–Crippen MR) is 84.7 cm³/mol. The van der Waals surface area contributed by atoms with Gasteiger partial charge in [-0.1, -0.05) is 13.8 Å². The van der Waals surface area contributed by atoms with E-state index in [0.717, 1.165) is 6.42 Å². The third-order valence-electron chi connectivity index (χ3n) is 3.01. The Bertz CT molecular complexity index is 263. The van der Waals surface area contributed by atoms with Gasteiger partial charge in [0.05, 0.1) is 6.61 Å². The van der Waals surface area contributed by atoms with E-state index in [1.54, 1.807) is 0 Å². The predicted octanol–water partition coefficient (Wildman–Crippen LogP) is 3.76. The van der Waals surface area contributed by atoms with E-state index in [9.17, 15) is 4.57 Å². The minimum Gasteiger partial charge on any atom is -0.374 e. The molecule has 5 nitrogen and oxygen atoms in total. The third-order valence-corrected chi connectivity index (χ3v) is 8.74. The van der Waals surface area contributed by atoms with Crippen molar-refractivity contribution in [3.63, 3.8) is 0 Å². The lowest BCUT2D eigenvalue weighted by molar-refractivity contribution is 0.0696. The van der Waals surface area contributed by atoms with Crippen LogP contribution in [0.15, 0.2) is 0 Å². The van der Waals surface area contributed by atoms with Crippen LogP contribution in [-0.4, -0.2) is 47.6 Å². The Morgan fingerprint density at radius 2 is 1.30 bits per heavy atom. The zero-order chi connectivity index (χ0) is 15.5. The molecular formula is C13H31O5PSi. The molecule has 0 aliphatic heterocycles.